The van der Waals surface area contributed by atoms with Gasteiger partial charge in [0, 0.05) is 31.3 Å². The second-order valence-corrected chi connectivity index (χ2v) is 2.70. The Labute approximate surface area is 78.3 Å². The lowest BCUT2D eigenvalue weighted by molar-refractivity contribution is 0.122. The van der Waals surface area contributed by atoms with Gasteiger partial charge in [-0.15, -0.1) is 0 Å². The third-order valence-corrected chi connectivity index (χ3v) is 1.56. The summed E-state index contributed by atoms with van der Waals surface area (Å²) in [6, 6.07) is 0. The van der Waals surface area contributed by atoms with E-state index in [9.17, 15) is 0 Å². The van der Waals surface area contributed by atoms with Crippen molar-refractivity contribution >= 4 is 0 Å². The van der Waals surface area contributed by atoms with E-state index in [1.54, 1.807) is 0 Å². The first kappa shape index (κ1) is 12.2. The lowest BCUT2D eigenvalue weighted by atomic mass is 10.3. The summed E-state index contributed by atoms with van der Waals surface area (Å²) in [5, 5.41) is 11.9. The minimum absolute atomic E-state index is 0.236. The van der Waals surface area contributed by atoms with Crippen LogP contribution < -0.4 is 0 Å². The predicted molar refractivity (Wildman–Crippen MR) is 50.4 cm³/mol. The van der Waals surface area contributed by atoms with E-state index < -0.39 is 0 Å². The Hall–Kier alpha value is -0.770. The van der Waals surface area contributed by atoms with Crippen LogP contribution in [-0.4, -0.2) is 31.5 Å². The van der Waals surface area contributed by atoms with Crippen LogP contribution in [0.15, 0.2) is 5.11 Å². The van der Waals surface area contributed by atoms with Gasteiger partial charge in [-0.2, -0.15) is 0 Å². The molecule has 0 heterocycles. The van der Waals surface area contributed by atoms with Crippen LogP contribution in [0.25, 0.3) is 10.4 Å². The van der Waals surface area contributed by atoms with Crippen LogP contribution in [0.2, 0.25) is 0 Å². The molecule has 0 saturated carbocycles. The lowest BCUT2D eigenvalue weighted by Crippen LogP contribution is -1.98. The highest BCUT2D eigenvalue weighted by Gasteiger charge is 1.89. The van der Waals surface area contributed by atoms with Crippen LogP contribution in [0, 0.1) is 0 Å². The van der Waals surface area contributed by atoms with Gasteiger partial charge in [0.15, 0.2) is 0 Å². The minimum Gasteiger partial charge on any atom is -0.396 e. The van der Waals surface area contributed by atoms with E-state index in [2.05, 4.69) is 10.0 Å². The highest BCUT2D eigenvalue weighted by Crippen LogP contribution is 1.93. The average molecular weight is 187 g/mol. The molecule has 0 spiro atoms. The minimum atomic E-state index is 0.236. The SMILES string of the molecule is [N-]=[N+]=NCCCCOCCCCO. The number of aliphatic hydroxyl groups is 1. The molecule has 0 aliphatic carbocycles. The van der Waals surface area contributed by atoms with E-state index in [1.807, 2.05) is 0 Å². The number of aliphatic hydroxyl groups excluding tert-OH is 1. The van der Waals surface area contributed by atoms with E-state index in [4.69, 9.17) is 15.4 Å². The largest absolute Gasteiger partial charge is 0.396 e. The number of ether oxygens (including phenoxy) is 1. The molecule has 0 unspecified atom stereocenters. The van der Waals surface area contributed by atoms with Crippen molar-refractivity contribution in [3.63, 3.8) is 0 Å². The summed E-state index contributed by atoms with van der Waals surface area (Å²) in [5.41, 5.74) is 7.97. The molecule has 0 atom stereocenters. The molecule has 0 fully saturated rings. The maximum absolute atomic E-state index is 8.46. The molecule has 0 aromatic rings. The normalized spacial score (nSPS) is 9.62. The van der Waals surface area contributed by atoms with Crippen molar-refractivity contribution in [1.29, 1.82) is 0 Å². The number of azide groups is 1. The molecule has 76 valence electrons. The summed E-state index contributed by atoms with van der Waals surface area (Å²) in [6.07, 6.45) is 3.52. The van der Waals surface area contributed by atoms with E-state index in [1.165, 1.54) is 0 Å². The zero-order chi connectivity index (χ0) is 9.78. The standard InChI is InChI=1S/C8H17N3O2/c9-11-10-5-1-3-7-13-8-4-2-6-12/h12H,1-8H2. The summed E-state index contributed by atoms with van der Waals surface area (Å²) < 4.78 is 5.27. The Kier molecular flexibility index (Phi) is 10.6. The summed E-state index contributed by atoms with van der Waals surface area (Å²) in [4.78, 5) is 2.65. The Balaban J connectivity index is 2.87. The first-order chi connectivity index (χ1) is 6.41. The highest BCUT2D eigenvalue weighted by molar-refractivity contribution is 4.47. The quantitative estimate of drug-likeness (QED) is 0.259. The van der Waals surface area contributed by atoms with Crippen LogP contribution >= 0.6 is 0 Å². The van der Waals surface area contributed by atoms with Gasteiger partial charge >= 0.3 is 0 Å². The van der Waals surface area contributed by atoms with Crippen LogP contribution in [0.3, 0.4) is 0 Å². The fraction of sp³-hybridized carbons (Fsp3) is 1.00. The van der Waals surface area contributed by atoms with Crippen LogP contribution in [0.1, 0.15) is 25.7 Å². The van der Waals surface area contributed by atoms with Crippen LogP contribution in [0.5, 0.6) is 0 Å². The first-order valence-corrected chi connectivity index (χ1v) is 4.61. The number of unbranched alkanes of at least 4 members (excludes halogenated alkanes) is 2. The topological polar surface area (TPSA) is 78.2 Å². The van der Waals surface area contributed by atoms with Gasteiger partial charge < -0.3 is 9.84 Å². The number of hydrogen-bond acceptors (Lipinski definition) is 3. The zero-order valence-electron chi connectivity index (χ0n) is 7.85. The summed E-state index contributed by atoms with van der Waals surface area (Å²) >= 11 is 0. The third kappa shape index (κ3) is 11.2. The molecular formula is C8H17N3O2. The van der Waals surface area contributed by atoms with Crippen molar-refractivity contribution in [2.24, 2.45) is 5.11 Å². The van der Waals surface area contributed by atoms with Crippen LogP contribution in [-0.2, 0) is 4.74 Å². The Morgan fingerprint density at radius 3 is 2.46 bits per heavy atom. The molecule has 0 amide bonds. The molecule has 0 bridgehead atoms. The number of rotatable bonds is 9. The lowest BCUT2D eigenvalue weighted by Gasteiger charge is -2.01. The van der Waals surface area contributed by atoms with Gasteiger partial charge in [-0.1, -0.05) is 5.11 Å². The molecule has 13 heavy (non-hydrogen) atoms. The molecule has 5 heteroatoms. The molecule has 0 radical (unpaired) electrons. The average Bonchev–Trinajstić information content (AvgIpc) is 2.16. The van der Waals surface area contributed by atoms with Gasteiger partial charge in [0.1, 0.15) is 0 Å². The van der Waals surface area contributed by atoms with Crippen molar-refractivity contribution in [3.05, 3.63) is 10.4 Å². The smallest absolute Gasteiger partial charge is 0.0466 e. The van der Waals surface area contributed by atoms with Crippen molar-refractivity contribution in [1.82, 2.24) is 0 Å². The summed E-state index contributed by atoms with van der Waals surface area (Å²) in [7, 11) is 0. The maximum Gasteiger partial charge on any atom is 0.0466 e. The fourth-order valence-corrected chi connectivity index (χ4v) is 0.849. The maximum atomic E-state index is 8.46. The predicted octanol–water partition coefficient (Wildman–Crippen LogP) is 1.87. The molecule has 0 aliphatic rings. The first-order valence-electron chi connectivity index (χ1n) is 4.61. The van der Waals surface area contributed by atoms with E-state index >= 15 is 0 Å². The van der Waals surface area contributed by atoms with Crippen molar-refractivity contribution in [2.75, 3.05) is 26.4 Å². The monoisotopic (exact) mass is 187 g/mol. The van der Waals surface area contributed by atoms with Gasteiger partial charge in [-0.05, 0) is 31.2 Å². The molecule has 0 rings (SSSR count). The fourth-order valence-electron chi connectivity index (χ4n) is 0.849. The Bertz CT molecular complexity index is 146. The highest BCUT2D eigenvalue weighted by atomic mass is 16.5. The zero-order valence-corrected chi connectivity index (χ0v) is 7.85. The van der Waals surface area contributed by atoms with Gasteiger partial charge in [-0.3, -0.25) is 0 Å². The number of hydrogen-bond donors (Lipinski definition) is 1. The molecule has 0 saturated heterocycles. The van der Waals surface area contributed by atoms with E-state index in [-0.39, 0.29) is 6.61 Å². The number of nitrogens with zero attached hydrogens (tertiary/aromatic N) is 3. The second kappa shape index (κ2) is 11.2. The second-order valence-electron chi connectivity index (χ2n) is 2.70. The van der Waals surface area contributed by atoms with Gasteiger partial charge in [-0.25, -0.2) is 0 Å². The van der Waals surface area contributed by atoms with Gasteiger partial charge in [0.2, 0.25) is 0 Å². The molecule has 0 aromatic carbocycles. The van der Waals surface area contributed by atoms with E-state index in [0.717, 1.165) is 25.7 Å². The third-order valence-electron chi connectivity index (χ3n) is 1.56. The molecule has 1 N–H and O–H groups in total. The van der Waals surface area contributed by atoms with Crippen molar-refractivity contribution < 1.29 is 9.84 Å². The molecule has 0 aromatic heterocycles. The van der Waals surface area contributed by atoms with Crippen molar-refractivity contribution in [3.8, 4) is 0 Å². The molecular weight excluding hydrogens is 170 g/mol. The van der Waals surface area contributed by atoms with Crippen molar-refractivity contribution in [2.45, 2.75) is 25.7 Å². The van der Waals surface area contributed by atoms with Gasteiger partial charge in [0.25, 0.3) is 0 Å². The Morgan fingerprint density at radius 2 is 1.85 bits per heavy atom. The van der Waals surface area contributed by atoms with Gasteiger partial charge in [0.05, 0.1) is 0 Å². The molecule has 0 aliphatic heterocycles. The molecule has 5 nitrogen and oxygen atoms in total. The van der Waals surface area contributed by atoms with Crippen LogP contribution in [0.4, 0.5) is 0 Å². The summed E-state index contributed by atoms with van der Waals surface area (Å²) in [6.45, 7) is 2.21. The Morgan fingerprint density at radius 1 is 1.15 bits per heavy atom. The van der Waals surface area contributed by atoms with E-state index in [0.29, 0.717) is 19.8 Å². The summed E-state index contributed by atoms with van der Waals surface area (Å²) in [5.74, 6) is 0.